The van der Waals surface area contributed by atoms with Crippen LogP contribution in [0.1, 0.15) is 17.7 Å². The number of hydrogen-bond donors (Lipinski definition) is 0. The van der Waals surface area contributed by atoms with E-state index in [1.807, 2.05) is 6.92 Å². The lowest BCUT2D eigenvalue weighted by molar-refractivity contribution is 0.589. The van der Waals surface area contributed by atoms with E-state index in [9.17, 15) is 12.8 Å². The molecule has 0 spiro atoms. The number of rotatable bonds is 2. The maximum absolute atomic E-state index is 13.5. The molecule has 1 aromatic carbocycles. The highest BCUT2D eigenvalue weighted by atomic mass is 32.2. The molecule has 0 bridgehead atoms. The first kappa shape index (κ1) is 14.7. The molecule has 0 N–H and O–H groups in total. The first-order valence-electron chi connectivity index (χ1n) is 6.83. The maximum atomic E-state index is 13.5. The van der Waals surface area contributed by atoms with Crippen molar-refractivity contribution < 1.29 is 12.8 Å². The highest BCUT2D eigenvalue weighted by Crippen LogP contribution is 2.35. The number of pyridine rings is 1. The number of aromatic nitrogens is 1. The fraction of sp³-hybridized carbons (Fsp3) is 0.188. The molecule has 1 aliphatic heterocycles. The van der Waals surface area contributed by atoms with Gasteiger partial charge in [-0.25, -0.2) is 12.8 Å². The predicted molar refractivity (Wildman–Crippen MR) is 83.6 cm³/mol. The van der Waals surface area contributed by atoms with Crippen molar-refractivity contribution in [2.45, 2.75) is 18.2 Å². The summed E-state index contributed by atoms with van der Waals surface area (Å²) in [5.41, 5.74) is 2.37. The van der Waals surface area contributed by atoms with Gasteiger partial charge in [-0.3, -0.25) is 9.29 Å². The highest BCUT2D eigenvalue weighted by molar-refractivity contribution is 7.92. The third-order valence-electron chi connectivity index (χ3n) is 3.66. The van der Waals surface area contributed by atoms with Gasteiger partial charge in [0.25, 0.3) is 10.0 Å². The lowest BCUT2D eigenvalue weighted by Gasteiger charge is -2.30. The van der Waals surface area contributed by atoms with Crippen LogP contribution in [-0.4, -0.2) is 19.9 Å². The summed E-state index contributed by atoms with van der Waals surface area (Å²) >= 11 is 0. The number of sulfonamides is 1. The summed E-state index contributed by atoms with van der Waals surface area (Å²) in [6.45, 7) is 5.99. The van der Waals surface area contributed by atoms with Crippen LogP contribution < -0.4 is 4.31 Å². The van der Waals surface area contributed by atoms with Crippen molar-refractivity contribution in [1.29, 1.82) is 0 Å². The minimum Gasteiger partial charge on any atom is -0.264 e. The van der Waals surface area contributed by atoms with Gasteiger partial charge in [0.2, 0.25) is 0 Å². The Labute approximate surface area is 129 Å². The molecular formula is C16H15FN2O2S. The average molecular weight is 318 g/mol. The minimum atomic E-state index is -3.75. The summed E-state index contributed by atoms with van der Waals surface area (Å²) in [5, 5.41) is 0. The molecule has 3 rings (SSSR count). The number of hydrogen-bond acceptors (Lipinski definition) is 3. The van der Waals surface area contributed by atoms with Gasteiger partial charge in [0, 0.05) is 12.6 Å². The molecule has 0 radical (unpaired) electrons. The van der Waals surface area contributed by atoms with Crippen LogP contribution in [0.2, 0.25) is 0 Å². The van der Waals surface area contributed by atoms with Crippen molar-refractivity contribution in [1.82, 2.24) is 4.98 Å². The maximum Gasteiger partial charge on any atom is 0.264 e. The minimum absolute atomic E-state index is 0.181. The predicted octanol–water partition coefficient (Wildman–Crippen LogP) is 3.14. The fourth-order valence-electron chi connectivity index (χ4n) is 2.45. The average Bonchev–Trinajstić information content (AvgIpc) is 2.47. The van der Waals surface area contributed by atoms with E-state index >= 15 is 0 Å². The zero-order chi connectivity index (χ0) is 15.9. The Kier molecular flexibility index (Phi) is 3.48. The standard InChI is InChI=1S/C16H15FN2O2S/c1-11-3-5-14(6-4-11)22(20,21)19-8-7-12(2)16-15(19)9-13(17)10-18-16/h3-6,9-10H,2,7-8H2,1H3. The van der Waals surface area contributed by atoms with Crippen LogP contribution in [0, 0.1) is 12.7 Å². The van der Waals surface area contributed by atoms with E-state index in [1.165, 1.54) is 10.4 Å². The third-order valence-corrected chi connectivity index (χ3v) is 5.49. The Bertz CT molecular complexity index is 845. The summed E-state index contributed by atoms with van der Waals surface area (Å²) in [4.78, 5) is 4.17. The lowest BCUT2D eigenvalue weighted by atomic mass is 10.0. The SMILES string of the molecule is C=C1CCN(S(=O)(=O)c2ccc(C)cc2)c2cc(F)cnc21. The van der Waals surface area contributed by atoms with Crippen molar-refractivity contribution in [3.63, 3.8) is 0 Å². The van der Waals surface area contributed by atoms with Gasteiger partial charge in [-0.2, -0.15) is 0 Å². The summed E-state index contributed by atoms with van der Waals surface area (Å²) in [6, 6.07) is 7.78. The summed E-state index contributed by atoms with van der Waals surface area (Å²) in [5.74, 6) is -0.572. The van der Waals surface area contributed by atoms with Crippen LogP contribution in [0.4, 0.5) is 10.1 Å². The Hall–Kier alpha value is -2.21. The third kappa shape index (κ3) is 2.39. The van der Waals surface area contributed by atoms with Crippen molar-refractivity contribution >= 4 is 21.3 Å². The monoisotopic (exact) mass is 318 g/mol. The molecule has 6 heteroatoms. The quantitative estimate of drug-likeness (QED) is 0.855. The van der Waals surface area contributed by atoms with Crippen molar-refractivity contribution in [2.24, 2.45) is 0 Å². The van der Waals surface area contributed by atoms with Gasteiger partial charge in [0.1, 0.15) is 5.82 Å². The molecule has 0 atom stereocenters. The van der Waals surface area contributed by atoms with Crippen molar-refractivity contribution in [2.75, 3.05) is 10.8 Å². The molecule has 1 aliphatic rings. The molecule has 0 unspecified atom stereocenters. The van der Waals surface area contributed by atoms with Gasteiger partial charge in [0.05, 0.1) is 22.5 Å². The number of aryl methyl sites for hydroxylation is 1. The zero-order valence-corrected chi connectivity index (χ0v) is 12.9. The molecule has 4 nitrogen and oxygen atoms in total. The summed E-state index contributed by atoms with van der Waals surface area (Å²) in [7, 11) is -3.75. The lowest BCUT2D eigenvalue weighted by Crippen LogP contribution is -2.35. The van der Waals surface area contributed by atoms with E-state index in [4.69, 9.17) is 0 Å². The fourth-order valence-corrected chi connectivity index (χ4v) is 3.92. The Morgan fingerprint density at radius 3 is 2.64 bits per heavy atom. The largest absolute Gasteiger partial charge is 0.264 e. The van der Waals surface area contributed by atoms with E-state index < -0.39 is 15.8 Å². The van der Waals surface area contributed by atoms with Crippen molar-refractivity contribution in [3.05, 3.63) is 60.2 Å². The smallest absolute Gasteiger partial charge is 0.264 e. The van der Waals surface area contributed by atoms with Gasteiger partial charge >= 0.3 is 0 Å². The molecular weight excluding hydrogens is 303 g/mol. The topological polar surface area (TPSA) is 50.3 Å². The zero-order valence-electron chi connectivity index (χ0n) is 12.1. The second kappa shape index (κ2) is 5.21. The molecule has 0 saturated heterocycles. The van der Waals surface area contributed by atoms with Crippen LogP contribution in [0.25, 0.3) is 5.57 Å². The van der Waals surface area contributed by atoms with Crippen LogP contribution in [0.3, 0.4) is 0 Å². The highest BCUT2D eigenvalue weighted by Gasteiger charge is 2.31. The van der Waals surface area contributed by atoms with Gasteiger partial charge < -0.3 is 0 Å². The molecule has 0 fully saturated rings. The Morgan fingerprint density at radius 1 is 1.27 bits per heavy atom. The van der Waals surface area contributed by atoms with Crippen LogP contribution in [-0.2, 0) is 10.0 Å². The van der Waals surface area contributed by atoms with Gasteiger partial charge in [0.15, 0.2) is 0 Å². The van der Waals surface area contributed by atoms with E-state index in [0.717, 1.165) is 11.8 Å². The summed E-state index contributed by atoms with van der Waals surface area (Å²) in [6.07, 6.45) is 1.54. The molecule has 0 saturated carbocycles. The molecule has 2 aromatic rings. The normalized spacial score (nSPS) is 14.8. The van der Waals surface area contributed by atoms with E-state index in [-0.39, 0.29) is 17.1 Å². The van der Waals surface area contributed by atoms with Gasteiger partial charge in [-0.15, -0.1) is 0 Å². The first-order chi connectivity index (χ1) is 10.4. The Balaban J connectivity index is 2.13. The summed E-state index contributed by atoms with van der Waals surface area (Å²) < 4.78 is 40.4. The first-order valence-corrected chi connectivity index (χ1v) is 8.27. The molecule has 2 heterocycles. The Morgan fingerprint density at radius 2 is 1.95 bits per heavy atom. The number of halogens is 1. The number of benzene rings is 1. The van der Waals surface area contributed by atoms with Crippen LogP contribution in [0.5, 0.6) is 0 Å². The van der Waals surface area contributed by atoms with E-state index in [0.29, 0.717) is 17.7 Å². The molecule has 114 valence electrons. The van der Waals surface area contributed by atoms with E-state index in [2.05, 4.69) is 11.6 Å². The molecule has 1 aromatic heterocycles. The van der Waals surface area contributed by atoms with Gasteiger partial charge in [-0.05, 0) is 31.1 Å². The molecule has 22 heavy (non-hydrogen) atoms. The second-order valence-electron chi connectivity index (χ2n) is 5.27. The molecule has 0 aliphatic carbocycles. The van der Waals surface area contributed by atoms with Crippen molar-refractivity contribution in [3.8, 4) is 0 Å². The van der Waals surface area contributed by atoms with Gasteiger partial charge in [-0.1, -0.05) is 24.3 Å². The van der Waals surface area contributed by atoms with Crippen LogP contribution in [0.15, 0.2) is 48.0 Å². The van der Waals surface area contributed by atoms with E-state index in [1.54, 1.807) is 24.3 Å². The second-order valence-corrected chi connectivity index (χ2v) is 7.13. The van der Waals surface area contributed by atoms with Crippen LogP contribution >= 0.6 is 0 Å². The number of fused-ring (bicyclic) bond motifs is 1. The number of nitrogens with zero attached hydrogens (tertiary/aromatic N) is 2. The number of anilines is 1. The molecule has 0 amide bonds.